The third-order valence-corrected chi connectivity index (χ3v) is 8.00. The number of amidine groups is 1. The summed E-state index contributed by atoms with van der Waals surface area (Å²) in [4.78, 5) is 4.40. The molecule has 0 unspecified atom stereocenters. The minimum Gasteiger partial charge on any atom is -0.504 e. The van der Waals surface area contributed by atoms with Crippen LogP contribution in [0.2, 0.25) is 0 Å². The Balaban J connectivity index is 1.70. The quantitative estimate of drug-likeness (QED) is 0.0998. The first-order chi connectivity index (χ1) is 18.0. The summed E-state index contributed by atoms with van der Waals surface area (Å²) >= 11 is 0. The molecule has 1 fully saturated rings. The lowest BCUT2D eigenvalue weighted by molar-refractivity contribution is 0.0681. The van der Waals surface area contributed by atoms with Crippen molar-refractivity contribution >= 4 is 15.9 Å². The summed E-state index contributed by atoms with van der Waals surface area (Å²) in [7, 11) is -2.06. The van der Waals surface area contributed by atoms with Crippen molar-refractivity contribution in [1.82, 2.24) is 9.73 Å². The van der Waals surface area contributed by atoms with Gasteiger partial charge >= 0.3 is 0 Å². The van der Waals surface area contributed by atoms with Crippen LogP contribution < -0.4 is 9.57 Å². The number of hydrogen-bond acceptors (Lipinski definition) is 6. The van der Waals surface area contributed by atoms with Crippen LogP contribution in [0.4, 0.5) is 0 Å². The number of aromatic hydroxyl groups is 1. The number of unbranched alkanes of at least 4 members (excludes halogenated alkanes) is 13. The minimum atomic E-state index is -3.54. The molecule has 1 heterocycles. The van der Waals surface area contributed by atoms with Crippen molar-refractivity contribution in [3.05, 3.63) is 23.8 Å². The van der Waals surface area contributed by atoms with Crippen LogP contribution >= 0.6 is 0 Å². The first-order valence-corrected chi connectivity index (χ1v) is 15.9. The van der Waals surface area contributed by atoms with Crippen LogP contribution in [0.15, 0.2) is 23.3 Å². The maximum absolute atomic E-state index is 12.6. The molecule has 0 amide bonds. The Morgan fingerprint density at radius 2 is 1.49 bits per heavy atom. The molecule has 1 aromatic rings. The minimum absolute atomic E-state index is 0.0194. The van der Waals surface area contributed by atoms with E-state index in [-0.39, 0.29) is 11.5 Å². The number of hydrogen-bond donors (Lipinski definition) is 2. The van der Waals surface area contributed by atoms with E-state index in [9.17, 15) is 13.5 Å². The van der Waals surface area contributed by atoms with Crippen LogP contribution in [0.25, 0.3) is 0 Å². The van der Waals surface area contributed by atoms with Crippen molar-refractivity contribution in [2.75, 3.05) is 39.2 Å². The number of phenolic OH excluding ortho intramolecular Hbond substituents is 1. The first kappa shape index (κ1) is 31.2. The largest absolute Gasteiger partial charge is 0.504 e. The number of nitrogens with zero attached hydrogens (tertiary/aromatic N) is 2. The molecule has 0 bridgehead atoms. The van der Waals surface area contributed by atoms with Crippen LogP contribution in [0.1, 0.15) is 102 Å². The van der Waals surface area contributed by atoms with Gasteiger partial charge in [0, 0.05) is 18.7 Å². The van der Waals surface area contributed by atoms with Crippen LogP contribution in [-0.4, -0.2) is 63.4 Å². The van der Waals surface area contributed by atoms with Gasteiger partial charge in [0.1, 0.15) is 0 Å². The SMILES string of the molecule is CCCCCCCCCCCCCCCCS(=O)(=O)NN=C(c1ccc(O)c(OC)c1)N1CCOCC1. The maximum Gasteiger partial charge on any atom is 0.247 e. The standard InChI is InChI=1S/C28H49N3O5S/c1-3-4-5-6-7-8-9-10-11-12-13-14-15-16-23-37(33,34)30-29-28(31-19-21-36-22-20-31)25-17-18-26(32)27(24-25)35-2/h17-18,24,30,32H,3-16,19-23H2,1-2H3. The molecule has 2 rings (SSSR count). The highest BCUT2D eigenvalue weighted by atomic mass is 32.2. The Labute approximate surface area is 224 Å². The molecule has 1 saturated heterocycles. The number of morpholine rings is 1. The van der Waals surface area contributed by atoms with E-state index in [1.807, 2.05) is 4.90 Å². The Bertz CT molecular complexity index is 886. The average molecular weight is 540 g/mol. The third-order valence-electron chi connectivity index (χ3n) is 6.81. The number of sulfonamides is 1. The van der Waals surface area contributed by atoms with E-state index < -0.39 is 10.0 Å². The van der Waals surface area contributed by atoms with Gasteiger partial charge in [0.2, 0.25) is 10.0 Å². The molecule has 37 heavy (non-hydrogen) atoms. The maximum atomic E-state index is 12.6. The molecular weight excluding hydrogens is 490 g/mol. The number of benzene rings is 1. The zero-order valence-electron chi connectivity index (χ0n) is 23.0. The van der Waals surface area contributed by atoms with Crippen LogP contribution in [0.3, 0.4) is 0 Å². The van der Waals surface area contributed by atoms with Crippen molar-refractivity contribution in [2.24, 2.45) is 5.10 Å². The van der Waals surface area contributed by atoms with Crippen molar-refractivity contribution in [1.29, 1.82) is 0 Å². The van der Waals surface area contributed by atoms with Gasteiger partial charge in [-0.05, 0) is 24.6 Å². The van der Waals surface area contributed by atoms with Gasteiger partial charge in [-0.3, -0.25) is 0 Å². The molecule has 1 aromatic carbocycles. The van der Waals surface area contributed by atoms with E-state index in [1.54, 1.807) is 12.1 Å². The summed E-state index contributed by atoms with van der Waals surface area (Å²) < 4.78 is 35.9. The van der Waals surface area contributed by atoms with E-state index in [1.165, 1.54) is 83.8 Å². The number of phenols is 1. The van der Waals surface area contributed by atoms with Gasteiger partial charge in [-0.25, -0.2) is 13.2 Å². The topological polar surface area (TPSA) is 100 Å². The summed E-state index contributed by atoms with van der Waals surface area (Å²) in [5, 5.41) is 14.2. The molecule has 1 aliphatic heterocycles. The molecule has 0 aliphatic carbocycles. The number of ether oxygens (including phenoxy) is 2. The van der Waals surface area contributed by atoms with Gasteiger partial charge in [0.25, 0.3) is 0 Å². The summed E-state index contributed by atoms with van der Waals surface area (Å²) in [6, 6.07) is 4.88. The third kappa shape index (κ3) is 12.9. The molecule has 212 valence electrons. The monoisotopic (exact) mass is 539 g/mol. The predicted octanol–water partition coefficient (Wildman–Crippen LogP) is 5.80. The van der Waals surface area contributed by atoms with Gasteiger partial charge < -0.3 is 19.5 Å². The van der Waals surface area contributed by atoms with Crippen molar-refractivity contribution in [3.63, 3.8) is 0 Å². The number of hydrazone groups is 1. The highest BCUT2D eigenvalue weighted by molar-refractivity contribution is 7.89. The lowest BCUT2D eigenvalue weighted by Gasteiger charge is -2.30. The van der Waals surface area contributed by atoms with Crippen LogP contribution in [0.5, 0.6) is 11.5 Å². The second-order valence-electron chi connectivity index (χ2n) is 9.93. The smallest absolute Gasteiger partial charge is 0.247 e. The van der Waals surface area contributed by atoms with Gasteiger partial charge in [0.15, 0.2) is 17.3 Å². The Hall–Kier alpha value is -2.00. The molecule has 1 aliphatic rings. The summed E-state index contributed by atoms with van der Waals surface area (Å²) in [6.45, 7) is 4.54. The van der Waals surface area contributed by atoms with Gasteiger partial charge in [-0.2, -0.15) is 0 Å². The van der Waals surface area contributed by atoms with Crippen molar-refractivity contribution in [3.8, 4) is 11.5 Å². The van der Waals surface area contributed by atoms with E-state index >= 15 is 0 Å². The van der Waals surface area contributed by atoms with E-state index in [0.717, 1.165) is 12.8 Å². The zero-order valence-corrected chi connectivity index (χ0v) is 23.9. The Morgan fingerprint density at radius 3 is 2.03 bits per heavy atom. The molecule has 0 atom stereocenters. The van der Waals surface area contributed by atoms with Gasteiger partial charge in [-0.15, -0.1) is 5.10 Å². The molecular formula is C28H49N3O5S. The Morgan fingerprint density at radius 1 is 0.946 bits per heavy atom. The fourth-order valence-corrected chi connectivity index (χ4v) is 5.46. The highest BCUT2D eigenvalue weighted by Gasteiger charge is 2.20. The van der Waals surface area contributed by atoms with Crippen LogP contribution in [0, 0.1) is 0 Å². The predicted molar refractivity (Wildman–Crippen MR) is 151 cm³/mol. The molecule has 2 N–H and O–H groups in total. The molecule has 0 aromatic heterocycles. The second-order valence-corrected chi connectivity index (χ2v) is 11.7. The summed E-state index contributed by atoms with van der Waals surface area (Å²) in [6.07, 6.45) is 17.2. The lowest BCUT2D eigenvalue weighted by Crippen LogP contribution is -2.42. The molecule has 0 spiro atoms. The van der Waals surface area contributed by atoms with Crippen molar-refractivity contribution in [2.45, 2.75) is 96.8 Å². The molecule has 0 saturated carbocycles. The fourth-order valence-electron chi connectivity index (χ4n) is 4.55. The molecule has 0 radical (unpaired) electrons. The second kappa shape index (κ2) is 18.3. The van der Waals surface area contributed by atoms with E-state index in [2.05, 4.69) is 16.9 Å². The lowest BCUT2D eigenvalue weighted by atomic mass is 10.0. The van der Waals surface area contributed by atoms with E-state index in [4.69, 9.17) is 9.47 Å². The van der Waals surface area contributed by atoms with Crippen LogP contribution in [-0.2, 0) is 14.8 Å². The summed E-state index contributed by atoms with van der Waals surface area (Å²) in [5.41, 5.74) is 0.663. The zero-order chi connectivity index (χ0) is 26.8. The molecule has 9 heteroatoms. The van der Waals surface area contributed by atoms with E-state index in [0.29, 0.717) is 49.9 Å². The Kier molecular flexibility index (Phi) is 15.4. The van der Waals surface area contributed by atoms with Gasteiger partial charge in [-0.1, -0.05) is 90.4 Å². The summed E-state index contributed by atoms with van der Waals surface area (Å²) in [5.74, 6) is 0.880. The highest BCUT2D eigenvalue weighted by Crippen LogP contribution is 2.27. The number of rotatable bonds is 19. The number of nitrogens with one attached hydrogen (secondary N) is 1. The van der Waals surface area contributed by atoms with Gasteiger partial charge in [0.05, 0.1) is 26.1 Å². The average Bonchev–Trinajstić information content (AvgIpc) is 2.90. The first-order valence-electron chi connectivity index (χ1n) is 14.2. The number of methoxy groups -OCH3 is 1. The normalized spacial score (nSPS) is 14.6. The molecule has 8 nitrogen and oxygen atoms in total. The fraction of sp³-hybridized carbons (Fsp3) is 0.750. The van der Waals surface area contributed by atoms with Crippen molar-refractivity contribution < 1.29 is 23.0 Å².